The third-order valence-electron chi connectivity index (χ3n) is 3.80. The lowest BCUT2D eigenvalue weighted by Gasteiger charge is -2.54. The van der Waals surface area contributed by atoms with E-state index < -0.39 is 0 Å². The molecule has 0 unspecified atom stereocenters. The van der Waals surface area contributed by atoms with Crippen molar-refractivity contribution in [1.29, 1.82) is 0 Å². The molecule has 1 aromatic carbocycles. The van der Waals surface area contributed by atoms with Gasteiger partial charge in [0.25, 0.3) is 0 Å². The summed E-state index contributed by atoms with van der Waals surface area (Å²) in [6.45, 7) is 9.45. The number of hydrogen-bond donors (Lipinski definition) is 0. The first-order valence-electron chi connectivity index (χ1n) is 6.29. The smallest absolute Gasteiger partial charge is 0.0375 e. The van der Waals surface area contributed by atoms with Gasteiger partial charge in [0.1, 0.15) is 0 Å². The zero-order valence-electron chi connectivity index (χ0n) is 11.0. The van der Waals surface area contributed by atoms with Gasteiger partial charge in [0.2, 0.25) is 0 Å². The average Bonchev–Trinajstić information content (AvgIpc) is 2.16. The van der Waals surface area contributed by atoms with E-state index >= 15 is 0 Å². The minimum absolute atomic E-state index is 0.267. The van der Waals surface area contributed by atoms with Crippen molar-refractivity contribution in [2.75, 3.05) is 4.90 Å². The molecule has 88 valence electrons. The SMILES string of the molecule is CC1(C)CCCC(C)(C)N1c1ccccc1. The lowest BCUT2D eigenvalue weighted by molar-refractivity contribution is 0.244. The van der Waals surface area contributed by atoms with E-state index in [4.69, 9.17) is 0 Å². The van der Waals surface area contributed by atoms with Crippen LogP contribution in [0.15, 0.2) is 30.3 Å². The number of para-hydroxylation sites is 1. The summed E-state index contributed by atoms with van der Waals surface area (Å²) in [5.74, 6) is 0. The molecule has 2 rings (SSSR count). The predicted octanol–water partition coefficient (Wildman–Crippen LogP) is 4.23. The Morgan fingerprint density at radius 2 is 1.38 bits per heavy atom. The summed E-state index contributed by atoms with van der Waals surface area (Å²) in [6, 6.07) is 10.8. The van der Waals surface area contributed by atoms with E-state index in [1.54, 1.807) is 0 Å². The average molecular weight is 217 g/mol. The Bertz CT molecular complexity index is 335. The molecule has 16 heavy (non-hydrogen) atoms. The topological polar surface area (TPSA) is 3.24 Å². The van der Waals surface area contributed by atoms with E-state index in [1.807, 2.05) is 0 Å². The van der Waals surface area contributed by atoms with Crippen LogP contribution in [0.4, 0.5) is 5.69 Å². The number of hydrogen-bond acceptors (Lipinski definition) is 1. The van der Waals surface area contributed by atoms with Gasteiger partial charge in [-0.05, 0) is 59.1 Å². The zero-order chi connectivity index (χ0) is 11.8. The van der Waals surface area contributed by atoms with E-state index in [-0.39, 0.29) is 11.1 Å². The van der Waals surface area contributed by atoms with Crippen molar-refractivity contribution in [1.82, 2.24) is 0 Å². The standard InChI is InChI=1S/C15H23N/c1-14(2)11-8-12-15(3,4)16(14)13-9-6-5-7-10-13/h5-7,9-10H,8,11-12H2,1-4H3. The first-order valence-corrected chi connectivity index (χ1v) is 6.29. The highest BCUT2D eigenvalue weighted by Gasteiger charge is 2.40. The molecule has 0 bridgehead atoms. The summed E-state index contributed by atoms with van der Waals surface area (Å²) in [7, 11) is 0. The third-order valence-corrected chi connectivity index (χ3v) is 3.80. The van der Waals surface area contributed by atoms with Crippen LogP contribution in [0.2, 0.25) is 0 Å². The Balaban J connectivity index is 2.41. The summed E-state index contributed by atoms with van der Waals surface area (Å²) in [4.78, 5) is 2.60. The molecule has 1 nitrogen and oxygen atoms in total. The lowest BCUT2D eigenvalue weighted by Crippen LogP contribution is -2.58. The van der Waals surface area contributed by atoms with Gasteiger partial charge in [-0.3, -0.25) is 0 Å². The van der Waals surface area contributed by atoms with Crippen LogP contribution in [0.1, 0.15) is 47.0 Å². The molecule has 1 fully saturated rings. The van der Waals surface area contributed by atoms with E-state index in [1.165, 1.54) is 24.9 Å². The molecule has 0 aromatic heterocycles. The fraction of sp³-hybridized carbons (Fsp3) is 0.600. The van der Waals surface area contributed by atoms with Crippen LogP contribution < -0.4 is 4.90 Å². The number of nitrogens with zero attached hydrogens (tertiary/aromatic N) is 1. The van der Waals surface area contributed by atoms with Crippen molar-refractivity contribution in [3.8, 4) is 0 Å². The highest BCUT2D eigenvalue weighted by atomic mass is 15.3. The van der Waals surface area contributed by atoms with Crippen LogP contribution in [-0.4, -0.2) is 11.1 Å². The first-order chi connectivity index (χ1) is 7.43. The molecule has 0 saturated carbocycles. The van der Waals surface area contributed by atoms with Gasteiger partial charge >= 0.3 is 0 Å². The summed E-state index contributed by atoms with van der Waals surface area (Å²) in [5.41, 5.74) is 1.89. The van der Waals surface area contributed by atoms with Gasteiger partial charge in [0.05, 0.1) is 0 Å². The highest BCUT2D eigenvalue weighted by molar-refractivity contribution is 5.51. The Hall–Kier alpha value is -0.980. The Morgan fingerprint density at radius 3 is 1.88 bits per heavy atom. The third kappa shape index (κ3) is 1.95. The van der Waals surface area contributed by atoms with Crippen LogP contribution in [0, 0.1) is 0 Å². The van der Waals surface area contributed by atoms with Gasteiger partial charge < -0.3 is 4.90 Å². The van der Waals surface area contributed by atoms with E-state index in [2.05, 4.69) is 62.9 Å². The van der Waals surface area contributed by atoms with E-state index in [9.17, 15) is 0 Å². The van der Waals surface area contributed by atoms with Gasteiger partial charge in [-0.2, -0.15) is 0 Å². The van der Waals surface area contributed by atoms with Crippen LogP contribution in [0.5, 0.6) is 0 Å². The monoisotopic (exact) mass is 217 g/mol. The van der Waals surface area contributed by atoms with E-state index in [0.29, 0.717) is 0 Å². The minimum atomic E-state index is 0.267. The number of anilines is 1. The molecule has 1 aliphatic heterocycles. The second-order valence-electron chi connectivity index (χ2n) is 6.15. The summed E-state index contributed by atoms with van der Waals surface area (Å²) in [5, 5.41) is 0. The van der Waals surface area contributed by atoms with Crippen molar-refractivity contribution in [2.45, 2.75) is 58.0 Å². The molecule has 1 aliphatic rings. The number of benzene rings is 1. The Kier molecular flexibility index (Phi) is 2.73. The first kappa shape index (κ1) is 11.5. The quantitative estimate of drug-likeness (QED) is 0.680. The molecule has 0 atom stereocenters. The molecular weight excluding hydrogens is 194 g/mol. The molecule has 0 amide bonds. The van der Waals surface area contributed by atoms with Crippen LogP contribution in [0.25, 0.3) is 0 Å². The normalized spacial score (nSPS) is 23.1. The van der Waals surface area contributed by atoms with Crippen molar-refractivity contribution in [3.05, 3.63) is 30.3 Å². The Labute approximate surface area is 99.5 Å². The minimum Gasteiger partial charge on any atom is -0.361 e. The van der Waals surface area contributed by atoms with Gasteiger partial charge in [0, 0.05) is 16.8 Å². The van der Waals surface area contributed by atoms with Crippen LogP contribution in [-0.2, 0) is 0 Å². The summed E-state index contributed by atoms with van der Waals surface area (Å²) < 4.78 is 0. The van der Waals surface area contributed by atoms with Crippen molar-refractivity contribution in [2.24, 2.45) is 0 Å². The number of rotatable bonds is 1. The summed E-state index contributed by atoms with van der Waals surface area (Å²) in [6.07, 6.45) is 3.90. The van der Waals surface area contributed by atoms with Crippen molar-refractivity contribution in [3.63, 3.8) is 0 Å². The molecule has 1 aromatic rings. The van der Waals surface area contributed by atoms with E-state index in [0.717, 1.165) is 0 Å². The van der Waals surface area contributed by atoms with Crippen LogP contribution >= 0.6 is 0 Å². The maximum atomic E-state index is 2.60. The molecule has 1 heteroatoms. The van der Waals surface area contributed by atoms with Crippen molar-refractivity contribution >= 4 is 5.69 Å². The maximum absolute atomic E-state index is 2.60. The molecular formula is C15H23N. The van der Waals surface area contributed by atoms with Gasteiger partial charge in [-0.25, -0.2) is 0 Å². The molecule has 0 radical (unpaired) electrons. The van der Waals surface area contributed by atoms with Gasteiger partial charge in [-0.1, -0.05) is 18.2 Å². The summed E-state index contributed by atoms with van der Waals surface area (Å²) >= 11 is 0. The van der Waals surface area contributed by atoms with Crippen LogP contribution in [0.3, 0.4) is 0 Å². The predicted molar refractivity (Wildman–Crippen MR) is 70.9 cm³/mol. The largest absolute Gasteiger partial charge is 0.361 e. The van der Waals surface area contributed by atoms with Gasteiger partial charge in [-0.15, -0.1) is 0 Å². The molecule has 0 spiro atoms. The molecule has 1 saturated heterocycles. The molecule has 1 heterocycles. The zero-order valence-corrected chi connectivity index (χ0v) is 11.0. The highest BCUT2D eigenvalue weighted by Crippen LogP contribution is 2.41. The Morgan fingerprint density at radius 1 is 0.875 bits per heavy atom. The maximum Gasteiger partial charge on any atom is 0.0375 e. The molecule has 0 aliphatic carbocycles. The second kappa shape index (κ2) is 3.80. The number of piperidine rings is 1. The fourth-order valence-electron chi connectivity index (χ4n) is 3.27. The van der Waals surface area contributed by atoms with Crippen molar-refractivity contribution < 1.29 is 0 Å². The lowest BCUT2D eigenvalue weighted by atomic mass is 9.79. The second-order valence-corrected chi connectivity index (χ2v) is 6.15. The molecule has 0 N–H and O–H groups in total. The fourth-order valence-corrected chi connectivity index (χ4v) is 3.27. The van der Waals surface area contributed by atoms with Gasteiger partial charge in [0.15, 0.2) is 0 Å².